The lowest BCUT2D eigenvalue weighted by Crippen LogP contribution is -2.66. The maximum absolute atomic E-state index is 12.1. The summed E-state index contributed by atoms with van der Waals surface area (Å²) in [6.45, 7) is 5.18. The number of aliphatic hydroxyl groups is 2. The van der Waals surface area contributed by atoms with Crippen LogP contribution in [0, 0.1) is 0 Å². The molecule has 10 atom stereocenters. The molecule has 0 bridgehead atoms. The monoisotopic (exact) mass is 594 g/mol. The number of esters is 6. The van der Waals surface area contributed by atoms with Crippen LogP contribution < -0.4 is 0 Å². The molecule has 0 aromatic heterocycles. The Morgan fingerprint density at radius 2 is 0.951 bits per heavy atom. The molecule has 2 heterocycles. The van der Waals surface area contributed by atoms with Crippen LogP contribution in [0.1, 0.15) is 41.5 Å². The Morgan fingerprint density at radius 1 is 0.537 bits per heavy atom. The zero-order chi connectivity index (χ0) is 31.0. The summed E-state index contributed by atoms with van der Waals surface area (Å²) in [5.74, 6) is -5.01. The van der Waals surface area contributed by atoms with Crippen molar-refractivity contribution in [2.75, 3.05) is 13.2 Å². The number of rotatable bonds is 10. The van der Waals surface area contributed by atoms with E-state index in [0.29, 0.717) is 0 Å². The molecule has 2 N–H and O–H groups in total. The van der Waals surface area contributed by atoms with Crippen LogP contribution in [0.4, 0.5) is 0 Å². The van der Waals surface area contributed by atoms with Crippen LogP contribution in [0.2, 0.25) is 0 Å². The van der Waals surface area contributed by atoms with Gasteiger partial charge in [-0.15, -0.1) is 0 Å². The van der Waals surface area contributed by atoms with Crippen molar-refractivity contribution in [3.05, 3.63) is 0 Å². The lowest BCUT2D eigenvalue weighted by molar-refractivity contribution is -0.356. The predicted octanol–water partition coefficient (Wildman–Crippen LogP) is -1.97. The molecule has 0 aromatic carbocycles. The first-order valence-corrected chi connectivity index (χ1v) is 12.4. The van der Waals surface area contributed by atoms with E-state index in [9.17, 15) is 39.0 Å². The second-order valence-corrected chi connectivity index (χ2v) is 9.10. The van der Waals surface area contributed by atoms with Gasteiger partial charge in [-0.25, -0.2) is 0 Å². The summed E-state index contributed by atoms with van der Waals surface area (Å²) in [6.07, 6.45) is -16.2. The fraction of sp³-hybridized carbons (Fsp3) is 0.750. The topological polar surface area (TPSA) is 226 Å². The van der Waals surface area contributed by atoms with Gasteiger partial charge in [0.1, 0.15) is 37.6 Å². The van der Waals surface area contributed by atoms with Crippen LogP contribution in [-0.2, 0) is 71.4 Å². The molecule has 0 amide bonds. The van der Waals surface area contributed by atoms with Crippen LogP contribution in [0.25, 0.3) is 0 Å². The summed E-state index contributed by atoms with van der Waals surface area (Å²) in [7, 11) is 0. The van der Waals surface area contributed by atoms with Crippen molar-refractivity contribution in [3.8, 4) is 0 Å². The largest absolute Gasteiger partial charge is 0.463 e. The first-order valence-electron chi connectivity index (χ1n) is 12.4. The number of hydrogen-bond acceptors (Lipinski definition) is 17. The second-order valence-electron chi connectivity index (χ2n) is 9.10. The third-order valence-electron chi connectivity index (χ3n) is 5.63. The van der Waals surface area contributed by atoms with Gasteiger partial charge >= 0.3 is 35.8 Å². The first-order chi connectivity index (χ1) is 19.1. The Labute approximate surface area is 234 Å². The van der Waals surface area contributed by atoms with Gasteiger partial charge in [0.25, 0.3) is 0 Å². The van der Waals surface area contributed by atoms with Gasteiger partial charge in [-0.05, 0) is 0 Å². The summed E-state index contributed by atoms with van der Waals surface area (Å²) < 4.78 is 48.0. The summed E-state index contributed by atoms with van der Waals surface area (Å²) in [5, 5.41) is 21.4. The van der Waals surface area contributed by atoms with Crippen LogP contribution in [-0.4, -0.2) is 121 Å². The number of carbonyl (C=O) groups is 6. The standard InChI is InChI=1S/C24H34O17/c1-9(25)33-7-15-18(17(31)20(23(32)39-15)36-12(4)28)41-24-22(38-14(6)30)21(37-13(5)29)19(35-11(3)27)16(40-24)8-34-10(2)26/h15-24,31-32H,7-8H2,1-6H3/t15-,16-,17+,18-,19+,20-,21+,22-,23-,24+/m1/s1. The van der Waals surface area contributed by atoms with Gasteiger partial charge in [-0.2, -0.15) is 0 Å². The zero-order valence-corrected chi connectivity index (χ0v) is 23.2. The first kappa shape index (κ1) is 33.8. The molecule has 2 aliphatic heterocycles. The highest BCUT2D eigenvalue weighted by molar-refractivity contribution is 5.69. The van der Waals surface area contributed by atoms with Gasteiger partial charge in [-0.3, -0.25) is 28.8 Å². The molecule has 232 valence electrons. The van der Waals surface area contributed by atoms with Crippen molar-refractivity contribution in [3.63, 3.8) is 0 Å². The van der Waals surface area contributed by atoms with E-state index in [4.69, 9.17) is 42.6 Å². The molecule has 2 saturated heterocycles. The van der Waals surface area contributed by atoms with Crippen LogP contribution in [0.15, 0.2) is 0 Å². The summed E-state index contributed by atoms with van der Waals surface area (Å²) in [5.41, 5.74) is 0. The molecule has 2 fully saturated rings. The minimum atomic E-state index is -1.87. The van der Waals surface area contributed by atoms with E-state index in [-0.39, 0.29) is 0 Å². The van der Waals surface area contributed by atoms with E-state index in [1.165, 1.54) is 0 Å². The molecule has 41 heavy (non-hydrogen) atoms. The quantitative estimate of drug-likeness (QED) is 0.206. The van der Waals surface area contributed by atoms with E-state index >= 15 is 0 Å². The fourth-order valence-electron chi connectivity index (χ4n) is 4.18. The molecule has 0 unspecified atom stereocenters. The van der Waals surface area contributed by atoms with Crippen molar-refractivity contribution in [1.29, 1.82) is 0 Å². The van der Waals surface area contributed by atoms with Crippen LogP contribution >= 0.6 is 0 Å². The van der Waals surface area contributed by atoms with Gasteiger partial charge in [-0.1, -0.05) is 0 Å². The number of ether oxygens (including phenoxy) is 9. The zero-order valence-electron chi connectivity index (χ0n) is 23.2. The molecule has 2 aliphatic rings. The van der Waals surface area contributed by atoms with Gasteiger partial charge < -0.3 is 52.8 Å². The van der Waals surface area contributed by atoms with Gasteiger partial charge in [0.15, 0.2) is 37.0 Å². The molecule has 0 spiro atoms. The maximum atomic E-state index is 12.1. The van der Waals surface area contributed by atoms with Crippen molar-refractivity contribution >= 4 is 35.8 Å². The lowest BCUT2D eigenvalue weighted by Gasteiger charge is -2.47. The molecule has 17 nitrogen and oxygen atoms in total. The Morgan fingerprint density at radius 3 is 1.41 bits per heavy atom. The van der Waals surface area contributed by atoms with Crippen molar-refractivity contribution in [2.45, 2.75) is 103 Å². The van der Waals surface area contributed by atoms with E-state index in [1.54, 1.807) is 0 Å². The van der Waals surface area contributed by atoms with Crippen molar-refractivity contribution in [1.82, 2.24) is 0 Å². The Bertz CT molecular complexity index is 979. The molecule has 0 aliphatic carbocycles. The Balaban J connectivity index is 2.54. The molecule has 2 rings (SSSR count). The number of aliphatic hydroxyl groups excluding tert-OH is 2. The van der Waals surface area contributed by atoms with Crippen molar-refractivity contribution < 1.29 is 81.6 Å². The minimum Gasteiger partial charge on any atom is -0.463 e. The molecule has 17 heteroatoms. The highest BCUT2D eigenvalue weighted by atomic mass is 16.8. The summed E-state index contributed by atoms with van der Waals surface area (Å²) in [6, 6.07) is 0. The molecule has 0 aromatic rings. The smallest absolute Gasteiger partial charge is 0.303 e. The summed E-state index contributed by atoms with van der Waals surface area (Å²) >= 11 is 0. The van der Waals surface area contributed by atoms with E-state index in [2.05, 4.69) is 0 Å². The van der Waals surface area contributed by atoms with E-state index in [0.717, 1.165) is 41.5 Å². The SMILES string of the molecule is CC(=O)OC[C@H]1O[C@@H](O[C@H]2[C@H](O)[C@@H](OC(C)=O)[C@H](O)O[C@@H]2COC(C)=O)[C@H](OC(C)=O)[C@@H](OC(C)=O)[C@H]1OC(C)=O. The molecule has 0 radical (unpaired) electrons. The highest BCUT2D eigenvalue weighted by Gasteiger charge is 2.56. The van der Waals surface area contributed by atoms with Gasteiger partial charge in [0, 0.05) is 41.5 Å². The third kappa shape index (κ3) is 9.89. The minimum absolute atomic E-state index is 0.549. The van der Waals surface area contributed by atoms with Crippen LogP contribution in [0.3, 0.4) is 0 Å². The van der Waals surface area contributed by atoms with Crippen molar-refractivity contribution in [2.24, 2.45) is 0 Å². The highest BCUT2D eigenvalue weighted by Crippen LogP contribution is 2.33. The lowest BCUT2D eigenvalue weighted by atomic mass is 9.96. The van der Waals surface area contributed by atoms with E-state index in [1.807, 2.05) is 0 Å². The molecular weight excluding hydrogens is 560 g/mol. The average molecular weight is 595 g/mol. The van der Waals surface area contributed by atoms with Gasteiger partial charge in [0.2, 0.25) is 0 Å². The molecule has 0 saturated carbocycles. The Kier molecular flexibility index (Phi) is 12.4. The molecular formula is C24H34O17. The predicted molar refractivity (Wildman–Crippen MR) is 126 cm³/mol. The second kappa shape index (κ2) is 15.0. The van der Waals surface area contributed by atoms with Gasteiger partial charge in [0.05, 0.1) is 0 Å². The fourth-order valence-corrected chi connectivity index (χ4v) is 4.18. The van der Waals surface area contributed by atoms with E-state index < -0.39 is 110 Å². The third-order valence-corrected chi connectivity index (χ3v) is 5.63. The number of hydrogen-bond donors (Lipinski definition) is 2. The normalized spacial score (nSPS) is 33.1. The summed E-state index contributed by atoms with van der Waals surface area (Å²) in [4.78, 5) is 70.5. The Hall–Kier alpha value is -3.38. The van der Waals surface area contributed by atoms with Crippen LogP contribution in [0.5, 0.6) is 0 Å². The average Bonchev–Trinajstić information content (AvgIpc) is 2.83. The number of carbonyl (C=O) groups excluding carboxylic acids is 6. The maximum Gasteiger partial charge on any atom is 0.303 e.